The van der Waals surface area contributed by atoms with E-state index >= 15 is 0 Å². The molecule has 22 heavy (non-hydrogen) atoms. The number of likely N-dealkylation sites (tertiary alicyclic amines) is 1. The van der Waals surface area contributed by atoms with Gasteiger partial charge in [0.1, 0.15) is 0 Å². The van der Waals surface area contributed by atoms with E-state index in [-0.39, 0.29) is 18.1 Å². The fourth-order valence-corrected chi connectivity index (χ4v) is 3.52. The molecule has 0 spiro atoms. The van der Waals surface area contributed by atoms with Gasteiger partial charge in [0.15, 0.2) is 0 Å². The van der Waals surface area contributed by atoms with Crippen LogP contribution in [-0.2, 0) is 6.54 Å². The molecule has 4 nitrogen and oxygen atoms in total. The van der Waals surface area contributed by atoms with Crippen LogP contribution in [0.15, 0.2) is 47.2 Å². The maximum Gasteiger partial charge on any atom is 0.252 e. The Kier molecular flexibility index (Phi) is 4.87. The summed E-state index contributed by atoms with van der Waals surface area (Å²) in [6, 6.07) is 12.2. The minimum Gasteiger partial charge on any atom is -0.392 e. The van der Waals surface area contributed by atoms with Crippen LogP contribution in [0, 0.1) is 0 Å². The van der Waals surface area contributed by atoms with E-state index in [1.54, 1.807) is 0 Å². The monoisotopic (exact) mass is 316 g/mol. The number of carbonyl (C=O) groups excluding carboxylic acids is 1. The molecule has 0 bridgehead atoms. The number of hydrogen-bond donors (Lipinski definition) is 2. The van der Waals surface area contributed by atoms with Crippen molar-refractivity contribution in [3.8, 4) is 0 Å². The molecule has 0 radical (unpaired) electrons. The van der Waals surface area contributed by atoms with Gasteiger partial charge in [-0.15, -0.1) is 0 Å². The van der Waals surface area contributed by atoms with Gasteiger partial charge in [-0.05, 0) is 23.4 Å². The van der Waals surface area contributed by atoms with Crippen LogP contribution in [0.4, 0.5) is 0 Å². The van der Waals surface area contributed by atoms with Crippen LogP contribution < -0.4 is 5.32 Å². The van der Waals surface area contributed by atoms with Crippen molar-refractivity contribution in [3.05, 3.63) is 58.3 Å². The van der Waals surface area contributed by atoms with Crippen LogP contribution in [0.2, 0.25) is 0 Å². The molecule has 1 amide bonds. The summed E-state index contributed by atoms with van der Waals surface area (Å²) in [5, 5.41) is 16.7. The molecular weight excluding hydrogens is 296 g/mol. The lowest BCUT2D eigenvalue weighted by atomic mass is 10.1. The second kappa shape index (κ2) is 7.05. The smallest absolute Gasteiger partial charge is 0.252 e. The zero-order chi connectivity index (χ0) is 15.4. The summed E-state index contributed by atoms with van der Waals surface area (Å²) in [4.78, 5) is 14.3. The molecule has 116 valence electrons. The maximum absolute atomic E-state index is 12.0. The minimum absolute atomic E-state index is 0.0395. The van der Waals surface area contributed by atoms with Gasteiger partial charge in [0.05, 0.1) is 6.10 Å². The Labute approximate surface area is 134 Å². The second-order valence-electron chi connectivity index (χ2n) is 5.68. The van der Waals surface area contributed by atoms with Crippen LogP contribution in [0.5, 0.6) is 0 Å². The average Bonchev–Trinajstić information content (AvgIpc) is 3.16. The summed E-state index contributed by atoms with van der Waals surface area (Å²) in [5.41, 5.74) is 1.93. The lowest BCUT2D eigenvalue weighted by Crippen LogP contribution is -2.39. The highest BCUT2D eigenvalue weighted by Gasteiger charge is 2.30. The topological polar surface area (TPSA) is 52.6 Å². The Balaban J connectivity index is 1.58. The zero-order valence-corrected chi connectivity index (χ0v) is 13.1. The van der Waals surface area contributed by atoms with Crippen molar-refractivity contribution in [2.24, 2.45) is 0 Å². The van der Waals surface area contributed by atoms with Gasteiger partial charge < -0.3 is 10.4 Å². The number of thiophene rings is 1. The minimum atomic E-state index is -0.313. The number of aliphatic hydroxyl groups is 1. The normalized spacial score (nSPS) is 21.9. The Morgan fingerprint density at radius 2 is 2.14 bits per heavy atom. The van der Waals surface area contributed by atoms with Crippen molar-refractivity contribution in [3.63, 3.8) is 0 Å². The number of nitrogens with one attached hydrogen (secondary N) is 1. The lowest BCUT2D eigenvalue weighted by molar-refractivity contribution is 0.0940. The van der Waals surface area contributed by atoms with Crippen molar-refractivity contribution < 1.29 is 9.90 Å². The first kappa shape index (κ1) is 15.2. The quantitative estimate of drug-likeness (QED) is 0.888. The van der Waals surface area contributed by atoms with Gasteiger partial charge in [0, 0.05) is 36.6 Å². The van der Waals surface area contributed by atoms with Gasteiger partial charge in [-0.2, -0.15) is 11.3 Å². The van der Waals surface area contributed by atoms with Gasteiger partial charge in [-0.25, -0.2) is 0 Å². The van der Waals surface area contributed by atoms with E-state index in [1.807, 2.05) is 35.0 Å². The van der Waals surface area contributed by atoms with E-state index in [4.69, 9.17) is 0 Å². The van der Waals surface area contributed by atoms with Crippen LogP contribution in [0.1, 0.15) is 22.3 Å². The standard InChI is InChI=1S/C17H20N2O2S/c20-16-8-15(9-18-17(21)14-6-7-22-12-14)19(11-16)10-13-4-2-1-3-5-13/h1-7,12,15-16,20H,8-11H2,(H,18,21)/t15-,16-/m1/s1. The van der Waals surface area contributed by atoms with Crippen molar-refractivity contribution in [1.29, 1.82) is 0 Å². The number of amides is 1. The number of benzene rings is 1. The van der Waals surface area contributed by atoms with Crippen LogP contribution in [0.25, 0.3) is 0 Å². The summed E-state index contributed by atoms with van der Waals surface area (Å²) in [7, 11) is 0. The number of carbonyl (C=O) groups is 1. The van der Waals surface area contributed by atoms with Crippen molar-refractivity contribution in [2.45, 2.75) is 25.1 Å². The average molecular weight is 316 g/mol. The Morgan fingerprint density at radius 3 is 2.86 bits per heavy atom. The highest BCUT2D eigenvalue weighted by Crippen LogP contribution is 2.20. The van der Waals surface area contributed by atoms with Gasteiger partial charge in [0.25, 0.3) is 5.91 Å². The molecule has 2 N–H and O–H groups in total. The molecule has 0 aliphatic carbocycles. The first-order valence-corrected chi connectivity index (χ1v) is 8.43. The van der Waals surface area contributed by atoms with Crippen LogP contribution in [0.3, 0.4) is 0 Å². The molecule has 3 rings (SSSR count). The largest absolute Gasteiger partial charge is 0.392 e. The SMILES string of the molecule is O=C(NC[C@H]1C[C@@H](O)CN1Cc1ccccc1)c1ccsc1. The third kappa shape index (κ3) is 3.74. The van der Waals surface area contributed by atoms with Gasteiger partial charge in [-0.3, -0.25) is 9.69 Å². The molecule has 2 atom stereocenters. The zero-order valence-electron chi connectivity index (χ0n) is 12.3. The number of β-amino-alcohol motifs (C(OH)–C–C–N with tert-alkyl or cyclic N) is 1. The van der Waals surface area contributed by atoms with E-state index < -0.39 is 0 Å². The van der Waals surface area contributed by atoms with Crippen molar-refractivity contribution in [1.82, 2.24) is 10.2 Å². The van der Waals surface area contributed by atoms with E-state index in [1.165, 1.54) is 16.9 Å². The molecule has 1 fully saturated rings. The summed E-state index contributed by atoms with van der Waals surface area (Å²) in [5.74, 6) is -0.0395. The van der Waals surface area contributed by atoms with Crippen LogP contribution in [-0.4, -0.2) is 41.1 Å². The molecule has 1 aliphatic rings. The number of rotatable bonds is 5. The Morgan fingerprint density at radius 1 is 1.32 bits per heavy atom. The summed E-state index contributed by atoms with van der Waals surface area (Å²) >= 11 is 1.52. The van der Waals surface area contributed by atoms with Gasteiger partial charge in [-0.1, -0.05) is 30.3 Å². The summed E-state index contributed by atoms with van der Waals surface area (Å²) < 4.78 is 0. The van der Waals surface area contributed by atoms with Crippen LogP contribution >= 0.6 is 11.3 Å². The molecule has 2 heterocycles. The fourth-order valence-electron chi connectivity index (χ4n) is 2.89. The molecule has 1 aromatic carbocycles. The predicted octanol–water partition coefficient (Wildman–Crippen LogP) is 2.11. The third-order valence-corrected chi connectivity index (χ3v) is 4.70. The summed E-state index contributed by atoms with van der Waals surface area (Å²) in [6.07, 6.45) is 0.392. The Bertz CT molecular complexity index is 600. The number of hydrogen-bond acceptors (Lipinski definition) is 4. The first-order chi connectivity index (χ1) is 10.7. The molecule has 1 saturated heterocycles. The van der Waals surface area contributed by atoms with E-state index in [2.05, 4.69) is 22.3 Å². The van der Waals surface area contributed by atoms with E-state index in [0.717, 1.165) is 6.54 Å². The molecular formula is C17H20N2O2S. The molecule has 1 aromatic heterocycles. The third-order valence-electron chi connectivity index (χ3n) is 4.02. The second-order valence-corrected chi connectivity index (χ2v) is 6.46. The predicted molar refractivity (Wildman–Crippen MR) is 87.9 cm³/mol. The first-order valence-electron chi connectivity index (χ1n) is 7.49. The molecule has 0 unspecified atom stereocenters. The van der Waals surface area contributed by atoms with E-state index in [0.29, 0.717) is 25.1 Å². The van der Waals surface area contributed by atoms with Gasteiger partial charge in [0.2, 0.25) is 0 Å². The molecule has 0 saturated carbocycles. The number of nitrogens with zero attached hydrogens (tertiary/aromatic N) is 1. The van der Waals surface area contributed by atoms with Crippen molar-refractivity contribution >= 4 is 17.2 Å². The van der Waals surface area contributed by atoms with E-state index in [9.17, 15) is 9.90 Å². The highest BCUT2D eigenvalue weighted by atomic mass is 32.1. The lowest BCUT2D eigenvalue weighted by Gasteiger charge is -2.24. The molecule has 2 aromatic rings. The fraction of sp³-hybridized carbons (Fsp3) is 0.353. The number of aliphatic hydroxyl groups excluding tert-OH is 1. The summed E-state index contributed by atoms with van der Waals surface area (Å²) in [6.45, 7) is 2.03. The molecule has 5 heteroatoms. The Hall–Kier alpha value is -1.69. The highest BCUT2D eigenvalue weighted by molar-refractivity contribution is 7.08. The van der Waals surface area contributed by atoms with Crippen molar-refractivity contribution in [2.75, 3.05) is 13.1 Å². The molecule has 1 aliphatic heterocycles. The maximum atomic E-state index is 12.0. The van der Waals surface area contributed by atoms with Gasteiger partial charge >= 0.3 is 0 Å².